The van der Waals surface area contributed by atoms with Gasteiger partial charge in [0.2, 0.25) is 0 Å². The van der Waals surface area contributed by atoms with Crippen molar-refractivity contribution < 1.29 is 37.0 Å². The maximum Gasteiger partial charge on any atom is 0.437 e. The average molecular weight is 477 g/mol. The van der Waals surface area contributed by atoms with E-state index in [1.807, 2.05) is 0 Å². The summed E-state index contributed by atoms with van der Waals surface area (Å²) < 4.78 is 52.0. The fourth-order valence-corrected chi connectivity index (χ4v) is 3.33. The number of rotatable bonds is 4. The standard InChI is InChI=1S/C18H16BrF3N2O5/c1-2-28-15(25)13-14(23-16(26)24-17(13,27)18(20,21)22)12-8-7-11(29-12)9-3-5-10(19)6-4-9/h3-8,13-14,27H,2H2,1H3,(H2,23,24,26)/t13-,14-,17-/m0/s1. The van der Waals surface area contributed by atoms with Gasteiger partial charge in [0.05, 0.1) is 6.61 Å². The Morgan fingerprint density at radius 3 is 2.52 bits per heavy atom. The summed E-state index contributed by atoms with van der Waals surface area (Å²) in [5.74, 6) is -3.41. The number of hydrogen-bond donors (Lipinski definition) is 3. The normalized spacial score (nSPS) is 24.6. The number of carbonyl (C=O) groups excluding carboxylic acids is 2. The van der Waals surface area contributed by atoms with Crippen molar-refractivity contribution in [2.45, 2.75) is 24.9 Å². The molecule has 0 aliphatic carbocycles. The van der Waals surface area contributed by atoms with Gasteiger partial charge in [-0.2, -0.15) is 13.2 Å². The lowest BCUT2D eigenvalue weighted by atomic mass is 9.84. The highest BCUT2D eigenvalue weighted by Gasteiger charge is 2.67. The molecule has 3 rings (SSSR count). The molecule has 3 atom stereocenters. The van der Waals surface area contributed by atoms with Crippen molar-refractivity contribution >= 4 is 27.9 Å². The third-order valence-corrected chi connectivity index (χ3v) is 4.94. The third-order valence-electron chi connectivity index (χ3n) is 4.41. The number of urea groups is 1. The molecule has 3 N–H and O–H groups in total. The van der Waals surface area contributed by atoms with Crippen LogP contribution in [0.5, 0.6) is 0 Å². The molecule has 1 aromatic carbocycles. The van der Waals surface area contributed by atoms with Crippen LogP contribution in [0.3, 0.4) is 0 Å². The number of aliphatic hydroxyl groups is 1. The number of benzene rings is 1. The van der Waals surface area contributed by atoms with E-state index in [4.69, 9.17) is 9.15 Å². The molecule has 1 saturated heterocycles. The second-order valence-electron chi connectivity index (χ2n) is 6.28. The minimum Gasteiger partial charge on any atom is -0.466 e. The lowest BCUT2D eigenvalue weighted by Gasteiger charge is -2.43. The molecule has 1 aromatic heterocycles. The van der Waals surface area contributed by atoms with Crippen molar-refractivity contribution in [3.63, 3.8) is 0 Å². The van der Waals surface area contributed by atoms with Gasteiger partial charge in [-0.05, 0) is 31.2 Å². The van der Waals surface area contributed by atoms with Gasteiger partial charge in [0.1, 0.15) is 23.5 Å². The van der Waals surface area contributed by atoms with Crippen LogP contribution in [-0.4, -0.2) is 35.6 Å². The number of furan rings is 1. The zero-order chi connectivity index (χ0) is 21.4. The Hall–Kier alpha value is -2.53. The first-order chi connectivity index (χ1) is 13.6. The van der Waals surface area contributed by atoms with Gasteiger partial charge in [-0.25, -0.2) is 4.79 Å². The molecule has 29 heavy (non-hydrogen) atoms. The number of nitrogens with one attached hydrogen (secondary N) is 2. The summed E-state index contributed by atoms with van der Waals surface area (Å²) in [5, 5.41) is 13.9. The highest BCUT2D eigenvalue weighted by Crippen LogP contribution is 2.43. The highest BCUT2D eigenvalue weighted by molar-refractivity contribution is 9.10. The van der Waals surface area contributed by atoms with E-state index in [0.717, 1.165) is 4.47 Å². The summed E-state index contributed by atoms with van der Waals surface area (Å²) in [6.45, 7) is 1.19. The third kappa shape index (κ3) is 3.97. The van der Waals surface area contributed by atoms with Gasteiger partial charge >= 0.3 is 18.2 Å². The van der Waals surface area contributed by atoms with E-state index >= 15 is 0 Å². The molecule has 2 aromatic rings. The minimum absolute atomic E-state index is 0.140. The van der Waals surface area contributed by atoms with Crippen LogP contribution in [0.25, 0.3) is 11.3 Å². The van der Waals surface area contributed by atoms with Crippen molar-refractivity contribution in [1.29, 1.82) is 0 Å². The van der Waals surface area contributed by atoms with E-state index in [1.54, 1.807) is 24.3 Å². The number of alkyl halides is 3. The van der Waals surface area contributed by atoms with E-state index in [0.29, 0.717) is 11.3 Å². The molecule has 0 radical (unpaired) electrons. The molecule has 156 valence electrons. The summed E-state index contributed by atoms with van der Waals surface area (Å²) >= 11 is 3.29. The van der Waals surface area contributed by atoms with Crippen molar-refractivity contribution in [2.24, 2.45) is 5.92 Å². The van der Waals surface area contributed by atoms with E-state index in [1.165, 1.54) is 24.4 Å². The molecule has 0 saturated carbocycles. The molecule has 2 heterocycles. The zero-order valence-electron chi connectivity index (χ0n) is 14.9. The Morgan fingerprint density at radius 2 is 1.93 bits per heavy atom. The Kier molecular flexibility index (Phi) is 5.63. The van der Waals surface area contributed by atoms with Gasteiger partial charge in [-0.15, -0.1) is 0 Å². The predicted molar refractivity (Wildman–Crippen MR) is 97.4 cm³/mol. The molecule has 0 unspecified atom stereocenters. The monoisotopic (exact) mass is 476 g/mol. The second-order valence-corrected chi connectivity index (χ2v) is 7.19. The Morgan fingerprint density at radius 1 is 1.28 bits per heavy atom. The number of halogens is 4. The Bertz CT molecular complexity index is 915. The number of carbonyl (C=O) groups is 2. The predicted octanol–water partition coefficient (Wildman–Crippen LogP) is 3.49. The molecule has 7 nitrogen and oxygen atoms in total. The molecular weight excluding hydrogens is 461 g/mol. The largest absolute Gasteiger partial charge is 0.466 e. The fourth-order valence-electron chi connectivity index (χ4n) is 3.06. The summed E-state index contributed by atoms with van der Waals surface area (Å²) in [7, 11) is 0. The molecule has 1 aliphatic heterocycles. The van der Waals surface area contributed by atoms with Crippen LogP contribution in [0, 0.1) is 5.92 Å². The van der Waals surface area contributed by atoms with Gasteiger partial charge in [0.15, 0.2) is 0 Å². The van der Waals surface area contributed by atoms with Gasteiger partial charge in [0, 0.05) is 10.0 Å². The molecular formula is C18H16BrF3N2O5. The number of esters is 1. The lowest BCUT2D eigenvalue weighted by Crippen LogP contribution is -2.73. The molecule has 11 heteroatoms. The molecule has 0 spiro atoms. The number of hydrogen-bond acceptors (Lipinski definition) is 5. The molecule has 0 bridgehead atoms. The number of ether oxygens (including phenoxy) is 1. The van der Waals surface area contributed by atoms with Crippen LogP contribution in [-0.2, 0) is 9.53 Å². The molecule has 2 amide bonds. The van der Waals surface area contributed by atoms with Crippen LogP contribution in [0.15, 0.2) is 45.3 Å². The second kappa shape index (κ2) is 7.71. The quantitative estimate of drug-likeness (QED) is 0.586. The van der Waals surface area contributed by atoms with E-state index < -0.39 is 35.9 Å². The Labute approximate surface area is 171 Å². The first-order valence-electron chi connectivity index (χ1n) is 8.47. The maximum atomic E-state index is 13.6. The van der Waals surface area contributed by atoms with Gasteiger partial charge in [-0.3, -0.25) is 4.79 Å². The first-order valence-corrected chi connectivity index (χ1v) is 9.26. The summed E-state index contributed by atoms with van der Waals surface area (Å²) in [6, 6.07) is 6.81. The smallest absolute Gasteiger partial charge is 0.437 e. The van der Waals surface area contributed by atoms with Crippen LogP contribution in [0.4, 0.5) is 18.0 Å². The van der Waals surface area contributed by atoms with E-state index in [-0.39, 0.29) is 12.4 Å². The zero-order valence-corrected chi connectivity index (χ0v) is 16.5. The molecule has 1 aliphatic rings. The SMILES string of the molecule is CCOC(=O)[C@@H]1[C@H](c2ccc(-c3ccc(Br)cc3)o2)NC(=O)N[C@@]1(O)C(F)(F)F. The van der Waals surface area contributed by atoms with Crippen molar-refractivity contribution in [3.05, 3.63) is 46.6 Å². The Balaban J connectivity index is 2.04. The van der Waals surface area contributed by atoms with E-state index in [2.05, 4.69) is 21.2 Å². The lowest BCUT2D eigenvalue weighted by molar-refractivity contribution is -0.294. The van der Waals surface area contributed by atoms with Crippen LogP contribution >= 0.6 is 15.9 Å². The highest BCUT2D eigenvalue weighted by atomic mass is 79.9. The number of amides is 2. The maximum absolute atomic E-state index is 13.6. The van der Waals surface area contributed by atoms with Gasteiger partial charge < -0.3 is 24.9 Å². The fraction of sp³-hybridized carbons (Fsp3) is 0.333. The summed E-state index contributed by atoms with van der Waals surface area (Å²) in [4.78, 5) is 24.2. The molecule has 1 fully saturated rings. The van der Waals surface area contributed by atoms with Crippen molar-refractivity contribution in [2.75, 3.05) is 6.61 Å². The summed E-state index contributed by atoms with van der Waals surface area (Å²) in [6.07, 6.45) is -5.35. The average Bonchev–Trinajstić information content (AvgIpc) is 3.11. The minimum atomic E-state index is -5.35. The van der Waals surface area contributed by atoms with Crippen molar-refractivity contribution in [3.8, 4) is 11.3 Å². The summed E-state index contributed by atoms with van der Waals surface area (Å²) in [5.41, 5.74) is -3.21. The van der Waals surface area contributed by atoms with Crippen molar-refractivity contribution in [1.82, 2.24) is 10.6 Å². The van der Waals surface area contributed by atoms with Crippen LogP contribution < -0.4 is 10.6 Å². The topological polar surface area (TPSA) is 101 Å². The van der Waals surface area contributed by atoms with Gasteiger partial charge in [0.25, 0.3) is 5.72 Å². The van der Waals surface area contributed by atoms with Crippen LogP contribution in [0.2, 0.25) is 0 Å². The van der Waals surface area contributed by atoms with E-state index in [9.17, 15) is 27.9 Å². The first kappa shape index (κ1) is 21.2. The van der Waals surface area contributed by atoms with Crippen LogP contribution in [0.1, 0.15) is 18.7 Å². The van der Waals surface area contributed by atoms with Gasteiger partial charge in [-0.1, -0.05) is 28.1 Å².